The zero-order chi connectivity index (χ0) is 13.7. The fraction of sp³-hybridized carbons (Fsp3) is 0.188. The molecule has 0 aliphatic rings. The van der Waals surface area contributed by atoms with Crippen molar-refractivity contribution in [1.82, 2.24) is 9.55 Å². The predicted molar refractivity (Wildman–Crippen MR) is 83.0 cm³/mol. The molecule has 0 fully saturated rings. The van der Waals surface area contributed by atoms with Crippen molar-refractivity contribution in [1.29, 1.82) is 0 Å². The Hall–Kier alpha value is -1.87. The number of aromatic amines is 1. The molecular weight excluding hydrogens is 252 g/mol. The van der Waals surface area contributed by atoms with E-state index in [1.54, 1.807) is 0 Å². The van der Waals surface area contributed by atoms with Crippen LogP contribution in [0, 0.1) is 4.77 Å². The van der Waals surface area contributed by atoms with Gasteiger partial charge in [0.2, 0.25) is 0 Å². The van der Waals surface area contributed by atoms with Crippen LogP contribution in [0.1, 0.15) is 17.0 Å². The van der Waals surface area contributed by atoms with E-state index >= 15 is 0 Å². The maximum atomic E-state index is 5.43. The third kappa shape index (κ3) is 3.12. The van der Waals surface area contributed by atoms with Crippen LogP contribution in [0.25, 0.3) is 0 Å². The van der Waals surface area contributed by atoms with Crippen molar-refractivity contribution in [2.24, 2.45) is 0 Å². The molecule has 1 heterocycles. The van der Waals surface area contributed by atoms with E-state index in [1.807, 2.05) is 30.4 Å². The minimum absolute atomic E-state index is 0.762. The molecule has 0 atom stereocenters. The number of H-pyrrole nitrogens is 1. The van der Waals surface area contributed by atoms with E-state index in [-0.39, 0.29) is 0 Å². The first-order valence-electron chi connectivity index (χ1n) is 6.32. The highest BCUT2D eigenvalue weighted by Crippen LogP contribution is 2.14. The van der Waals surface area contributed by atoms with Gasteiger partial charge in [0.1, 0.15) is 0 Å². The Kier molecular flexibility index (Phi) is 4.53. The van der Waals surface area contributed by atoms with Gasteiger partial charge in [0.05, 0.1) is 6.54 Å². The molecule has 0 spiro atoms. The maximum Gasteiger partial charge on any atom is 0.177 e. The summed E-state index contributed by atoms with van der Waals surface area (Å²) in [5.74, 6) is 0. The Morgan fingerprint density at radius 2 is 1.79 bits per heavy atom. The monoisotopic (exact) mass is 270 g/mol. The lowest BCUT2D eigenvalue weighted by atomic mass is 10.1. The van der Waals surface area contributed by atoms with Crippen LogP contribution in [0.2, 0.25) is 0 Å². The van der Waals surface area contributed by atoms with E-state index in [2.05, 4.69) is 34.8 Å². The average Bonchev–Trinajstić information content (AvgIpc) is 2.69. The van der Waals surface area contributed by atoms with Crippen molar-refractivity contribution in [3.63, 3.8) is 0 Å². The normalized spacial score (nSPS) is 10.3. The SMILES string of the molecule is C=CCc1[nH]c(=S)n(Cc2ccccc2)c1CC=C. The summed E-state index contributed by atoms with van der Waals surface area (Å²) in [5.41, 5.74) is 3.58. The zero-order valence-corrected chi connectivity index (χ0v) is 11.7. The van der Waals surface area contributed by atoms with Gasteiger partial charge in [-0.1, -0.05) is 42.5 Å². The van der Waals surface area contributed by atoms with Crippen molar-refractivity contribution in [3.05, 3.63) is 77.4 Å². The van der Waals surface area contributed by atoms with Gasteiger partial charge < -0.3 is 9.55 Å². The van der Waals surface area contributed by atoms with Crippen molar-refractivity contribution in [3.8, 4) is 0 Å². The van der Waals surface area contributed by atoms with Crippen LogP contribution in [0.15, 0.2) is 55.6 Å². The lowest BCUT2D eigenvalue weighted by Gasteiger charge is -2.08. The molecule has 2 nitrogen and oxygen atoms in total. The van der Waals surface area contributed by atoms with Gasteiger partial charge >= 0.3 is 0 Å². The summed E-state index contributed by atoms with van der Waals surface area (Å²) >= 11 is 5.43. The molecule has 1 N–H and O–H groups in total. The molecule has 1 aromatic carbocycles. The van der Waals surface area contributed by atoms with E-state index < -0.39 is 0 Å². The second-order valence-electron chi connectivity index (χ2n) is 4.41. The molecule has 19 heavy (non-hydrogen) atoms. The average molecular weight is 270 g/mol. The number of rotatable bonds is 6. The molecule has 0 aliphatic carbocycles. The Balaban J connectivity index is 2.40. The lowest BCUT2D eigenvalue weighted by molar-refractivity contribution is 0.743. The Bertz CT molecular complexity index is 620. The molecule has 0 saturated heterocycles. The summed E-state index contributed by atoms with van der Waals surface area (Å²) in [7, 11) is 0. The van der Waals surface area contributed by atoms with E-state index in [0.717, 1.165) is 29.9 Å². The van der Waals surface area contributed by atoms with Crippen LogP contribution < -0.4 is 0 Å². The summed E-state index contributed by atoms with van der Waals surface area (Å²) < 4.78 is 2.91. The lowest BCUT2D eigenvalue weighted by Crippen LogP contribution is -2.05. The fourth-order valence-corrected chi connectivity index (χ4v) is 2.47. The van der Waals surface area contributed by atoms with Gasteiger partial charge in [0.25, 0.3) is 0 Å². The molecule has 2 aromatic rings. The molecule has 0 radical (unpaired) electrons. The molecule has 98 valence electrons. The van der Waals surface area contributed by atoms with Crippen LogP contribution in [0.5, 0.6) is 0 Å². The second-order valence-corrected chi connectivity index (χ2v) is 4.80. The quantitative estimate of drug-likeness (QED) is 0.620. The first kappa shape index (κ1) is 13.6. The van der Waals surface area contributed by atoms with E-state index in [4.69, 9.17) is 12.2 Å². The van der Waals surface area contributed by atoms with Crippen molar-refractivity contribution in [2.75, 3.05) is 0 Å². The van der Waals surface area contributed by atoms with Crippen LogP contribution in [-0.4, -0.2) is 9.55 Å². The Labute approximate surface area is 119 Å². The van der Waals surface area contributed by atoms with E-state index in [0.29, 0.717) is 0 Å². The number of imidazole rings is 1. The molecule has 1 aromatic heterocycles. The highest BCUT2D eigenvalue weighted by Gasteiger charge is 2.10. The molecule has 0 bridgehead atoms. The summed E-state index contributed by atoms with van der Waals surface area (Å²) in [5, 5.41) is 0. The number of benzene rings is 1. The van der Waals surface area contributed by atoms with Gasteiger partial charge in [-0.05, 0) is 17.8 Å². The van der Waals surface area contributed by atoms with Crippen molar-refractivity contribution < 1.29 is 0 Å². The van der Waals surface area contributed by atoms with Gasteiger partial charge in [-0.25, -0.2) is 0 Å². The molecule has 0 amide bonds. The van der Waals surface area contributed by atoms with Gasteiger partial charge in [0, 0.05) is 24.2 Å². The van der Waals surface area contributed by atoms with Gasteiger partial charge in [-0.2, -0.15) is 0 Å². The third-order valence-electron chi connectivity index (χ3n) is 3.05. The van der Waals surface area contributed by atoms with Crippen molar-refractivity contribution in [2.45, 2.75) is 19.4 Å². The molecular formula is C16H18N2S. The van der Waals surface area contributed by atoms with Crippen LogP contribution >= 0.6 is 12.2 Å². The number of aromatic nitrogens is 2. The summed E-state index contributed by atoms with van der Waals surface area (Å²) in [6, 6.07) is 10.3. The summed E-state index contributed by atoms with van der Waals surface area (Å²) in [4.78, 5) is 3.28. The van der Waals surface area contributed by atoms with Gasteiger partial charge in [-0.3, -0.25) is 0 Å². The maximum absolute atomic E-state index is 5.43. The molecule has 3 heteroatoms. The van der Waals surface area contributed by atoms with Gasteiger partial charge in [0.15, 0.2) is 4.77 Å². The number of hydrogen-bond donors (Lipinski definition) is 1. The van der Waals surface area contributed by atoms with Crippen LogP contribution in [-0.2, 0) is 19.4 Å². The Morgan fingerprint density at radius 3 is 2.42 bits per heavy atom. The zero-order valence-electron chi connectivity index (χ0n) is 10.9. The third-order valence-corrected chi connectivity index (χ3v) is 3.37. The summed E-state index contributed by atoms with van der Waals surface area (Å²) in [6.07, 6.45) is 5.41. The summed E-state index contributed by atoms with van der Waals surface area (Å²) in [6.45, 7) is 8.41. The Morgan fingerprint density at radius 1 is 1.11 bits per heavy atom. The first-order valence-corrected chi connectivity index (χ1v) is 6.73. The van der Waals surface area contributed by atoms with E-state index in [9.17, 15) is 0 Å². The van der Waals surface area contributed by atoms with Gasteiger partial charge in [-0.15, -0.1) is 13.2 Å². The van der Waals surface area contributed by atoms with E-state index in [1.165, 1.54) is 11.3 Å². The smallest absolute Gasteiger partial charge is 0.177 e. The molecule has 0 aliphatic heterocycles. The number of nitrogens with one attached hydrogen (secondary N) is 1. The van der Waals surface area contributed by atoms with Crippen molar-refractivity contribution >= 4 is 12.2 Å². The minimum Gasteiger partial charge on any atom is -0.334 e. The number of hydrogen-bond acceptors (Lipinski definition) is 1. The van der Waals surface area contributed by atoms with Crippen LogP contribution in [0.3, 0.4) is 0 Å². The van der Waals surface area contributed by atoms with Crippen LogP contribution in [0.4, 0.5) is 0 Å². The topological polar surface area (TPSA) is 20.7 Å². The predicted octanol–water partition coefficient (Wildman–Crippen LogP) is 4.05. The number of allylic oxidation sites excluding steroid dienone is 2. The standard InChI is InChI=1S/C16H18N2S/c1-3-8-14-15(9-4-2)18(16(19)17-14)12-13-10-6-5-7-11-13/h3-7,10-11H,1-2,8-9,12H2,(H,17,19). The first-order chi connectivity index (χ1) is 9.26. The molecule has 2 rings (SSSR count). The highest BCUT2D eigenvalue weighted by atomic mass is 32.1. The largest absolute Gasteiger partial charge is 0.334 e. The minimum atomic E-state index is 0.762. The number of nitrogens with zero attached hydrogens (tertiary/aromatic N) is 1. The molecule has 0 unspecified atom stereocenters. The second kappa shape index (κ2) is 6.34. The molecule has 0 saturated carbocycles. The fourth-order valence-electron chi connectivity index (χ4n) is 2.17. The highest BCUT2D eigenvalue weighted by molar-refractivity contribution is 7.71.